The lowest BCUT2D eigenvalue weighted by atomic mass is 10.0. The molecule has 0 aliphatic carbocycles. The van der Waals surface area contributed by atoms with Crippen LogP contribution in [0.1, 0.15) is 37.3 Å². The number of hydrogen-bond acceptors (Lipinski definition) is 1. The molecule has 0 aliphatic heterocycles. The number of ether oxygens (including phenoxy) is 1. The number of benzene rings is 2. The van der Waals surface area contributed by atoms with E-state index in [1.54, 1.807) is 0 Å². The molecule has 2 aromatic rings. The van der Waals surface area contributed by atoms with Crippen LogP contribution in [0.15, 0.2) is 36.4 Å². The topological polar surface area (TPSA) is 9.23 Å². The third-order valence-corrected chi connectivity index (χ3v) is 3.77. The van der Waals surface area contributed by atoms with E-state index in [-0.39, 0.29) is 5.75 Å². The lowest BCUT2D eigenvalue weighted by Gasteiger charge is -2.20. The molecule has 130 valence electrons. The number of unbranched alkanes of at least 4 members (excludes halogenated alkanes) is 2. The molecule has 0 fully saturated rings. The van der Waals surface area contributed by atoms with Gasteiger partial charge in [0.15, 0.2) is 0 Å². The van der Waals surface area contributed by atoms with Crippen molar-refractivity contribution in [3.63, 3.8) is 0 Å². The zero-order valence-corrected chi connectivity index (χ0v) is 13.8. The molecule has 24 heavy (non-hydrogen) atoms. The molecule has 0 bridgehead atoms. The van der Waals surface area contributed by atoms with Crippen LogP contribution in [0, 0.1) is 11.6 Å². The molecule has 6 heteroatoms. The quantitative estimate of drug-likeness (QED) is 0.405. The Kier molecular flexibility index (Phi) is 6.10. The van der Waals surface area contributed by atoms with Gasteiger partial charge in [-0.2, -0.15) is 8.78 Å². The number of halogens is 5. The van der Waals surface area contributed by atoms with Gasteiger partial charge in [0.2, 0.25) is 0 Å². The highest BCUT2D eigenvalue weighted by molar-refractivity contribution is 6.30. The van der Waals surface area contributed by atoms with Crippen LogP contribution in [0.5, 0.6) is 5.75 Å². The van der Waals surface area contributed by atoms with Crippen molar-refractivity contribution in [3.8, 4) is 5.75 Å². The van der Waals surface area contributed by atoms with E-state index in [2.05, 4.69) is 4.74 Å². The summed E-state index contributed by atoms with van der Waals surface area (Å²) < 4.78 is 60.9. The van der Waals surface area contributed by atoms with Crippen molar-refractivity contribution in [3.05, 3.63) is 64.2 Å². The lowest BCUT2D eigenvalue weighted by molar-refractivity contribution is -0.189. The van der Waals surface area contributed by atoms with E-state index in [0.717, 1.165) is 31.4 Å². The summed E-state index contributed by atoms with van der Waals surface area (Å²) in [6.07, 6.45) is -1.10. The first-order chi connectivity index (χ1) is 11.3. The molecular weight excluding hydrogens is 344 g/mol. The highest BCUT2D eigenvalue weighted by Gasteiger charge is 2.41. The zero-order valence-electron chi connectivity index (χ0n) is 13.1. The minimum atomic E-state index is -4.13. The zero-order chi connectivity index (χ0) is 17.7. The van der Waals surface area contributed by atoms with E-state index in [1.165, 1.54) is 24.3 Å². The minimum absolute atomic E-state index is 0.241. The molecule has 0 radical (unpaired) electrons. The van der Waals surface area contributed by atoms with Gasteiger partial charge in [-0.1, -0.05) is 31.4 Å². The lowest BCUT2D eigenvalue weighted by Crippen LogP contribution is -2.25. The monoisotopic (exact) mass is 360 g/mol. The Balaban J connectivity index is 2.24. The van der Waals surface area contributed by atoms with Gasteiger partial charge in [-0.05, 0) is 54.8 Å². The second-order valence-corrected chi connectivity index (χ2v) is 5.90. The molecule has 0 heterocycles. The van der Waals surface area contributed by atoms with Gasteiger partial charge in [0, 0.05) is 5.02 Å². The van der Waals surface area contributed by atoms with E-state index in [0.29, 0.717) is 17.0 Å². The van der Waals surface area contributed by atoms with E-state index in [9.17, 15) is 17.6 Å². The van der Waals surface area contributed by atoms with E-state index >= 15 is 0 Å². The minimum Gasteiger partial charge on any atom is -0.429 e. The summed E-state index contributed by atoms with van der Waals surface area (Å²) in [6.45, 7) is 2.00. The second kappa shape index (κ2) is 7.88. The molecule has 0 amide bonds. The molecule has 0 saturated carbocycles. The standard InChI is InChI=1S/C18H17ClF4O/c1-2-3-4-5-12-10-15(20)17(16(21)11-12)18(22,23)24-14-8-6-13(19)7-9-14/h6-11H,2-5H2,1H3. The van der Waals surface area contributed by atoms with Crippen molar-refractivity contribution in [1.82, 2.24) is 0 Å². The van der Waals surface area contributed by atoms with Gasteiger partial charge in [-0.25, -0.2) is 8.78 Å². The highest BCUT2D eigenvalue weighted by atomic mass is 35.5. The average molecular weight is 361 g/mol. The first-order valence-electron chi connectivity index (χ1n) is 7.64. The Bertz CT molecular complexity index is 663. The van der Waals surface area contributed by atoms with Gasteiger partial charge >= 0.3 is 6.11 Å². The van der Waals surface area contributed by atoms with Gasteiger partial charge in [0.05, 0.1) is 0 Å². The Labute approximate surface area is 143 Å². The van der Waals surface area contributed by atoms with Crippen molar-refractivity contribution < 1.29 is 22.3 Å². The van der Waals surface area contributed by atoms with Crippen LogP contribution in [0.3, 0.4) is 0 Å². The normalized spacial score (nSPS) is 11.6. The van der Waals surface area contributed by atoms with Crippen LogP contribution in [-0.2, 0) is 12.5 Å². The first-order valence-corrected chi connectivity index (χ1v) is 8.02. The van der Waals surface area contributed by atoms with Crippen LogP contribution in [-0.4, -0.2) is 0 Å². The van der Waals surface area contributed by atoms with Crippen molar-refractivity contribution in [2.24, 2.45) is 0 Å². The summed E-state index contributed by atoms with van der Waals surface area (Å²) >= 11 is 5.66. The van der Waals surface area contributed by atoms with Gasteiger partial charge in [0.25, 0.3) is 0 Å². The highest BCUT2D eigenvalue weighted by Crippen LogP contribution is 2.35. The molecule has 1 nitrogen and oxygen atoms in total. The van der Waals surface area contributed by atoms with Gasteiger partial charge in [-0.3, -0.25) is 0 Å². The van der Waals surface area contributed by atoms with Crippen molar-refractivity contribution in [2.45, 2.75) is 38.7 Å². The van der Waals surface area contributed by atoms with Crippen LogP contribution < -0.4 is 4.74 Å². The Morgan fingerprint density at radius 2 is 1.58 bits per heavy atom. The summed E-state index contributed by atoms with van der Waals surface area (Å²) in [6, 6.07) is 6.96. The third kappa shape index (κ3) is 4.63. The number of rotatable bonds is 7. The maximum absolute atomic E-state index is 14.2. The molecule has 2 rings (SSSR count). The molecule has 0 spiro atoms. The average Bonchev–Trinajstić information content (AvgIpc) is 2.48. The van der Waals surface area contributed by atoms with Gasteiger partial charge in [0.1, 0.15) is 22.9 Å². The van der Waals surface area contributed by atoms with E-state index in [1.807, 2.05) is 6.92 Å². The predicted octanol–water partition coefficient (Wildman–Crippen LogP) is 6.48. The molecule has 0 aromatic heterocycles. The first kappa shape index (κ1) is 18.6. The second-order valence-electron chi connectivity index (χ2n) is 5.46. The van der Waals surface area contributed by atoms with Crippen molar-refractivity contribution >= 4 is 11.6 Å². The summed E-state index contributed by atoms with van der Waals surface area (Å²) in [7, 11) is 0. The van der Waals surface area contributed by atoms with Crippen molar-refractivity contribution in [1.29, 1.82) is 0 Å². The van der Waals surface area contributed by atoms with Crippen LogP contribution in [0.4, 0.5) is 17.6 Å². The van der Waals surface area contributed by atoms with Crippen LogP contribution >= 0.6 is 11.6 Å². The van der Waals surface area contributed by atoms with Crippen LogP contribution in [0.2, 0.25) is 5.02 Å². The molecule has 0 aliphatic rings. The van der Waals surface area contributed by atoms with E-state index < -0.39 is 23.3 Å². The van der Waals surface area contributed by atoms with Crippen molar-refractivity contribution in [2.75, 3.05) is 0 Å². The fraction of sp³-hybridized carbons (Fsp3) is 0.333. The number of aryl methyl sites for hydroxylation is 1. The smallest absolute Gasteiger partial charge is 0.429 e. The fourth-order valence-corrected chi connectivity index (χ4v) is 2.45. The molecule has 0 atom stereocenters. The molecule has 0 N–H and O–H groups in total. The SMILES string of the molecule is CCCCCc1cc(F)c(C(F)(F)Oc2ccc(Cl)cc2)c(F)c1. The maximum atomic E-state index is 14.2. The Morgan fingerprint density at radius 3 is 2.12 bits per heavy atom. The number of hydrogen-bond donors (Lipinski definition) is 0. The molecule has 0 unspecified atom stereocenters. The van der Waals surface area contributed by atoms with Gasteiger partial charge in [-0.15, -0.1) is 0 Å². The van der Waals surface area contributed by atoms with Gasteiger partial charge < -0.3 is 4.74 Å². The fourth-order valence-electron chi connectivity index (χ4n) is 2.33. The summed E-state index contributed by atoms with van der Waals surface area (Å²) in [4.78, 5) is 0. The molecule has 2 aromatic carbocycles. The Hall–Kier alpha value is -1.75. The summed E-state index contributed by atoms with van der Waals surface area (Å²) in [5.74, 6) is -2.88. The van der Waals surface area contributed by atoms with E-state index in [4.69, 9.17) is 11.6 Å². The molecular formula is C18H17ClF4O. The summed E-state index contributed by atoms with van der Waals surface area (Å²) in [5.41, 5.74) is -1.04. The third-order valence-electron chi connectivity index (χ3n) is 3.52. The largest absolute Gasteiger partial charge is 0.432 e. The molecule has 0 saturated heterocycles. The van der Waals surface area contributed by atoms with Crippen LogP contribution in [0.25, 0.3) is 0 Å². The maximum Gasteiger partial charge on any atom is 0.432 e. The predicted molar refractivity (Wildman–Crippen MR) is 85.6 cm³/mol. The Morgan fingerprint density at radius 1 is 1.00 bits per heavy atom. The summed E-state index contributed by atoms with van der Waals surface area (Å²) in [5, 5.41) is 0.333. The number of alkyl halides is 2.